The molecule has 1 aliphatic heterocycles. The van der Waals surface area contributed by atoms with Gasteiger partial charge < -0.3 is 10.6 Å². The van der Waals surface area contributed by atoms with E-state index in [2.05, 4.69) is 0 Å². The van der Waals surface area contributed by atoms with E-state index in [1.54, 1.807) is 11.8 Å². The molecule has 0 bridgehead atoms. The predicted octanol–water partition coefficient (Wildman–Crippen LogP) is 0.397. The molecule has 0 aromatic carbocycles. The molecule has 1 amide bonds. The van der Waals surface area contributed by atoms with Gasteiger partial charge in [0.15, 0.2) is 9.84 Å². The lowest BCUT2D eigenvalue weighted by molar-refractivity contribution is -0.142. The third-order valence-corrected chi connectivity index (χ3v) is 6.35. The lowest BCUT2D eigenvalue weighted by atomic mass is 9.81. The van der Waals surface area contributed by atoms with Crippen LogP contribution in [0.1, 0.15) is 33.6 Å². The van der Waals surface area contributed by atoms with Crippen molar-refractivity contribution in [2.75, 3.05) is 25.4 Å². The van der Waals surface area contributed by atoms with Gasteiger partial charge in [-0.05, 0) is 19.8 Å². The largest absolute Gasteiger partial charge is 0.340 e. The molecule has 18 heavy (non-hydrogen) atoms. The van der Waals surface area contributed by atoms with Gasteiger partial charge in [-0.1, -0.05) is 13.8 Å². The average molecular weight is 276 g/mol. The summed E-state index contributed by atoms with van der Waals surface area (Å²) in [5.74, 6) is 0.0744. The lowest BCUT2D eigenvalue weighted by Gasteiger charge is -2.38. The highest BCUT2D eigenvalue weighted by Gasteiger charge is 2.40. The number of nitrogens with two attached hydrogens (primary N) is 1. The molecule has 2 N–H and O–H groups in total. The van der Waals surface area contributed by atoms with Gasteiger partial charge in [-0.25, -0.2) is 8.42 Å². The van der Waals surface area contributed by atoms with Gasteiger partial charge in [0.25, 0.3) is 0 Å². The highest BCUT2D eigenvalue weighted by atomic mass is 32.2. The van der Waals surface area contributed by atoms with Crippen LogP contribution < -0.4 is 5.73 Å². The minimum atomic E-state index is -3.02. The lowest BCUT2D eigenvalue weighted by Crippen LogP contribution is -2.54. The maximum absolute atomic E-state index is 12.5. The SMILES string of the molecule is CCC(CC)(CN)C(=O)N1CCS(=O)(=O)C(C)C1. The summed E-state index contributed by atoms with van der Waals surface area (Å²) in [6.45, 7) is 6.49. The highest BCUT2D eigenvalue weighted by molar-refractivity contribution is 7.92. The number of carbonyl (C=O) groups excluding carboxylic acids is 1. The third kappa shape index (κ3) is 2.69. The fourth-order valence-electron chi connectivity index (χ4n) is 2.40. The monoisotopic (exact) mass is 276 g/mol. The summed E-state index contributed by atoms with van der Waals surface area (Å²) < 4.78 is 23.3. The summed E-state index contributed by atoms with van der Waals surface area (Å²) in [4.78, 5) is 14.2. The molecule has 1 fully saturated rings. The Balaban J connectivity index is 2.86. The Labute approximate surface area is 110 Å². The zero-order valence-electron chi connectivity index (χ0n) is 11.5. The molecule has 0 aliphatic carbocycles. The number of hydrogen-bond donors (Lipinski definition) is 1. The van der Waals surface area contributed by atoms with Gasteiger partial charge in [0.05, 0.1) is 16.4 Å². The maximum Gasteiger partial charge on any atom is 0.230 e. The zero-order chi connectivity index (χ0) is 14.0. The van der Waals surface area contributed by atoms with E-state index in [1.165, 1.54) is 0 Å². The molecule has 6 heteroatoms. The van der Waals surface area contributed by atoms with Crippen molar-refractivity contribution < 1.29 is 13.2 Å². The molecule has 1 atom stereocenters. The molecule has 1 saturated heterocycles. The Bertz CT molecular complexity index is 393. The topological polar surface area (TPSA) is 80.5 Å². The van der Waals surface area contributed by atoms with E-state index < -0.39 is 20.5 Å². The van der Waals surface area contributed by atoms with Crippen molar-refractivity contribution in [2.24, 2.45) is 11.1 Å². The molecule has 0 radical (unpaired) electrons. The highest BCUT2D eigenvalue weighted by Crippen LogP contribution is 2.29. The van der Waals surface area contributed by atoms with Gasteiger partial charge in [-0.2, -0.15) is 0 Å². The van der Waals surface area contributed by atoms with Crippen LogP contribution in [-0.2, 0) is 14.6 Å². The minimum Gasteiger partial charge on any atom is -0.340 e. The first-order valence-electron chi connectivity index (χ1n) is 6.54. The molecule has 106 valence electrons. The van der Waals surface area contributed by atoms with Crippen molar-refractivity contribution in [3.63, 3.8) is 0 Å². The first kappa shape index (κ1) is 15.4. The summed E-state index contributed by atoms with van der Waals surface area (Å²) in [5, 5.41) is -0.473. The van der Waals surface area contributed by atoms with E-state index >= 15 is 0 Å². The maximum atomic E-state index is 12.5. The van der Waals surface area contributed by atoms with Crippen LogP contribution in [0.15, 0.2) is 0 Å². The van der Waals surface area contributed by atoms with E-state index in [-0.39, 0.29) is 11.7 Å². The number of nitrogens with zero attached hydrogens (tertiary/aromatic N) is 1. The summed E-state index contributed by atoms with van der Waals surface area (Å²) in [6.07, 6.45) is 1.38. The van der Waals surface area contributed by atoms with Gasteiger partial charge in [0.2, 0.25) is 5.91 Å². The van der Waals surface area contributed by atoms with Gasteiger partial charge in [-0.3, -0.25) is 4.79 Å². The molecule has 0 saturated carbocycles. The number of amides is 1. The molecule has 0 aromatic rings. The molecule has 1 aliphatic rings. The summed E-state index contributed by atoms with van der Waals surface area (Å²) >= 11 is 0. The number of sulfone groups is 1. The van der Waals surface area contributed by atoms with Gasteiger partial charge >= 0.3 is 0 Å². The van der Waals surface area contributed by atoms with Crippen molar-refractivity contribution in [1.29, 1.82) is 0 Å². The first-order chi connectivity index (χ1) is 8.33. The van der Waals surface area contributed by atoms with Crippen molar-refractivity contribution in [3.8, 4) is 0 Å². The second kappa shape index (κ2) is 5.57. The van der Waals surface area contributed by atoms with E-state index in [9.17, 15) is 13.2 Å². The van der Waals surface area contributed by atoms with Crippen LogP contribution in [0.25, 0.3) is 0 Å². The Hall–Kier alpha value is -0.620. The Kier molecular flexibility index (Phi) is 4.78. The molecular weight excluding hydrogens is 252 g/mol. The number of carbonyl (C=O) groups is 1. The second-order valence-corrected chi connectivity index (χ2v) is 7.66. The predicted molar refractivity (Wildman–Crippen MR) is 71.9 cm³/mol. The second-order valence-electron chi connectivity index (χ2n) is 5.12. The standard InChI is InChI=1S/C12H24N2O3S/c1-4-12(5-2,9-13)11(15)14-6-7-18(16,17)10(3)8-14/h10H,4-9,13H2,1-3H3. The van der Waals surface area contributed by atoms with E-state index in [1.807, 2.05) is 13.8 Å². The average Bonchev–Trinajstić information content (AvgIpc) is 2.35. The van der Waals surface area contributed by atoms with Crippen LogP contribution in [0.2, 0.25) is 0 Å². The van der Waals surface area contributed by atoms with Crippen LogP contribution in [0.5, 0.6) is 0 Å². The van der Waals surface area contributed by atoms with Crippen molar-refractivity contribution in [1.82, 2.24) is 4.90 Å². The molecule has 0 spiro atoms. The van der Waals surface area contributed by atoms with Crippen LogP contribution in [0.3, 0.4) is 0 Å². The zero-order valence-corrected chi connectivity index (χ0v) is 12.3. The summed E-state index contributed by atoms with van der Waals surface area (Å²) in [5.41, 5.74) is 5.23. The summed E-state index contributed by atoms with van der Waals surface area (Å²) in [6, 6.07) is 0. The normalized spacial score (nSPS) is 24.0. The van der Waals surface area contributed by atoms with Crippen LogP contribution >= 0.6 is 0 Å². The molecule has 0 aromatic heterocycles. The Morgan fingerprint density at radius 3 is 2.33 bits per heavy atom. The third-order valence-electron chi connectivity index (χ3n) is 4.22. The van der Waals surface area contributed by atoms with Crippen molar-refractivity contribution in [2.45, 2.75) is 38.9 Å². The fraction of sp³-hybridized carbons (Fsp3) is 0.917. The van der Waals surface area contributed by atoms with Crippen LogP contribution in [0, 0.1) is 5.41 Å². The summed E-state index contributed by atoms with van der Waals surface area (Å²) in [7, 11) is -3.02. The first-order valence-corrected chi connectivity index (χ1v) is 8.25. The molecule has 1 heterocycles. The molecular formula is C12H24N2O3S. The van der Waals surface area contributed by atoms with Gasteiger partial charge in [0.1, 0.15) is 0 Å². The van der Waals surface area contributed by atoms with Gasteiger partial charge in [0, 0.05) is 19.6 Å². The van der Waals surface area contributed by atoms with Crippen LogP contribution in [-0.4, -0.2) is 49.9 Å². The van der Waals surface area contributed by atoms with E-state index in [0.29, 0.717) is 32.5 Å². The Morgan fingerprint density at radius 2 is 1.94 bits per heavy atom. The smallest absolute Gasteiger partial charge is 0.230 e. The van der Waals surface area contributed by atoms with Crippen LogP contribution in [0.4, 0.5) is 0 Å². The number of rotatable bonds is 4. The van der Waals surface area contributed by atoms with Crippen molar-refractivity contribution in [3.05, 3.63) is 0 Å². The number of hydrogen-bond acceptors (Lipinski definition) is 4. The van der Waals surface area contributed by atoms with Gasteiger partial charge in [-0.15, -0.1) is 0 Å². The van der Waals surface area contributed by atoms with E-state index in [4.69, 9.17) is 5.73 Å². The quantitative estimate of drug-likeness (QED) is 0.806. The van der Waals surface area contributed by atoms with E-state index in [0.717, 1.165) is 0 Å². The minimum absolute atomic E-state index is 0.0109. The fourth-order valence-corrected chi connectivity index (χ4v) is 3.69. The Morgan fingerprint density at radius 1 is 1.39 bits per heavy atom. The molecule has 1 unspecified atom stereocenters. The molecule has 5 nitrogen and oxygen atoms in total. The van der Waals surface area contributed by atoms with Crippen molar-refractivity contribution >= 4 is 15.7 Å². The molecule has 1 rings (SSSR count).